The Morgan fingerprint density at radius 3 is 2.65 bits per heavy atom. The molecule has 2 N–H and O–H groups in total. The predicted molar refractivity (Wildman–Crippen MR) is 70.2 cm³/mol. The summed E-state index contributed by atoms with van der Waals surface area (Å²) in [5.74, 6) is 0.268. The molecule has 7 nitrogen and oxygen atoms in total. The van der Waals surface area contributed by atoms with Crippen LogP contribution in [0.3, 0.4) is 0 Å². The van der Waals surface area contributed by atoms with Crippen LogP contribution in [0.5, 0.6) is 0 Å². The van der Waals surface area contributed by atoms with Crippen molar-refractivity contribution < 1.29 is 19.6 Å². The summed E-state index contributed by atoms with van der Waals surface area (Å²) in [5, 5.41) is 21.8. The van der Waals surface area contributed by atoms with Crippen LogP contribution in [0.1, 0.15) is 22.3 Å². The van der Waals surface area contributed by atoms with Crippen molar-refractivity contribution in [3.63, 3.8) is 0 Å². The number of nitrogens with one attached hydrogen (secondary N) is 1. The maximum atomic E-state index is 11.9. The van der Waals surface area contributed by atoms with Gasteiger partial charge in [-0.25, -0.2) is 4.79 Å². The first-order valence-electron chi connectivity index (χ1n) is 5.59. The molecule has 7 heteroatoms. The summed E-state index contributed by atoms with van der Waals surface area (Å²) in [6, 6.07) is 2.58. The molecule has 104 valence electrons. The summed E-state index contributed by atoms with van der Waals surface area (Å²) in [4.78, 5) is 32.8. The van der Waals surface area contributed by atoms with Crippen LogP contribution >= 0.6 is 0 Å². The number of nitro benzene ring substituents is 1. The van der Waals surface area contributed by atoms with Crippen molar-refractivity contribution >= 4 is 17.6 Å². The number of carbonyl (C=O) groups is 2. The number of nitrogens with zero attached hydrogens (tertiary/aromatic N) is 1. The van der Waals surface area contributed by atoms with Crippen molar-refractivity contribution in [2.45, 2.75) is 19.4 Å². The summed E-state index contributed by atoms with van der Waals surface area (Å²) in [6.45, 7) is 1.49. The van der Waals surface area contributed by atoms with Crippen molar-refractivity contribution in [2.75, 3.05) is 0 Å². The van der Waals surface area contributed by atoms with E-state index in [-0.39, 0.29) is 17.7 Å². The molecule has 0 saturated heterocycles. The number of nitro groups is 1. The van der Waals surface area contributed by atoms with Gasteiger partial charge in [-0.15, -0.1) is 12.3 Å². The summed E-state index contributed by atoms with van der Waals surface area (Å²) >= 11 is 0. The van der Waals surface area contributed by atoms with Gasteiger partial charge in [0.05, 0.1) is 4.92 Å². The standard InChI is InChI=1S/C13H12N2O5/c1-3-4-10(13(17)18)14-12(16)9-5-6-11(15(19)20)8(2)7-9/h1,5-7,10H,4H2,2H3,(H,14,16)(H,17,18). The highest BCUT2D eigenvalue weighted by atomic mass is 16.6. The monoisotopic (exact) mass is 276 g/mol. The minimum atomic E-state index is -1.24. The molecule has 1 atom stereocenters. The summed E-state index contributed by atoms with van der Waals surface area (Å²) in [6.07, 6.45) is 4.87. The van der Waals surface area contributed by atoms with Crippen LogP contribution in [-0.4, -0.2) is 27.9 Å². The van der Waals surface area contributed by atoms with E-state index in [1.807, 2.05) is 0 Å². The molecule has 0 fully saturated rings. The van der Waals surface area contributed by atoms with Gasteiger partial charge in [-0.1, -0.05) is 0 Å². The highest BCUT2D eigenvalue weighted by molar-refractivity contribution is 5.97. The molecule has 1 aromatic rings. The Labute approximate surface area is 114 Å². The number of aryl methyl sites for hydroxylation is 1. The Morgan fingerprint density at radius 1 is 1.55 bits per heavy atom. The zero-order valence-electron chi connectivity index (χ0n) is 10.6. The quantitative estimate of drug-likeness (QED) is 0.475. The highest BCUT2D eigenvalue weighted by Crippen LogP contribution is 2.18. The highest BCUT2D eigenvalue weighted by Gasteiger charge is 2.20. The van der Waals surface area contributed by atoms with E-state index in [4.69, 9.17) is 11.5 Å². The van der Waals surface area contributed by atoms with Crippen LogP contribution in [-0.2, 0) is 4.79 Å². The number of carbonyl (C=O) groups excluding carboxylic acids is 1. The maximum absolute atomic E-state index is 11.9. The summed E-state index contributed by atoms with van der Waals surface area (Å²) < 4.78 is 0. The molecule has 20 heavy (non-hydrogen) atoms. The van der Waals surface area contributed by atoms with Crippen LogP contribution in [0.2, 0.25) is 0 Å². The Morgan fingerprint density at radius 2 is 2.20 bits per heavy atom. The van der Waals surface area contributed by atoms with E-state index in [1.54, 1.807) is 0 Å². The molecule has 0 radical (unpaired) electrons. The van der Waals surface area contributed by atoms with Crippen LogP contribution < -0.4 is 5.32 Å². The number of hydrogen-bond donors (Lipinski definition) is 2. The molecule has 0 heterocycles. The molecule has 0 aliphatic carbocycles. The Bertz CT molecular complexity index is 603. The molecule has 0 aliphatic rings. The molecule has 1 unspecified atom stereocenters. The van der Waals surface area contributed by atoms with Crippen molar-refractivity contribution in [1.82, 2.24) is 5.32 Å². The fourth-order valence-corrected chi connectivity index (χ4v) is 1.56. The van der Waals surface area contributed by atoms with E-state index >= 15 is 0 Å². The number of aliphatic carboxylic acids is 1. The van der Waals surface area contributed by atoms with Crippen molar-refractivity contribution in [3.05, 3.63) is 39.4 Å². The number of amides is 1. The maximum Gasteiger partial charge on any atom is 0.327 e. The second kappa shape index (κ2) is 6.33. The van der Waals surface area contributed by atoms with E-state index in [9.17, 15) is 19.7 Å². The van der Waals surface area contributed by atoms with Crippen LogP contribution in [0, 0.1) is 29.4 Å². The Kier molecular flexibility index (Phi) is 4.81. The van der Waals surface area contributed by atoms with Gasteiger partial charge in [0, 0.05) is 23.6 Å². The average molecular weight is 276 g/mol. The average Bonchev–Trinajstić information content (AvgIpc) is 2.37. The zero-order valence-corrected chi connectivity index (χ0v) is 10.6. The SMILES string of the molecule is C#CCC(NC(=O)c1ccc([N+](=O)[O-])c(C)c1)C(=O)O. The molecule has 1 amide bonds. The molecule has 0 spiro atoms. The lowest BCUT2D eigenvalue weighted by Crippen LogP contribution is -2.40. The molecule has 0 aliphatic heterocycles. The topological polar surface area (TPSA) is 110 Å². The van der Waals surface area contributed by atoms with Crippen LogP contribution in [0.15, 0.2) is 18.2 Å². The first kappa shape index (κ1) is 15.2. The number of carboxylic acid groups (broad SMARTS) is 1. The summed E-state index contributed by atoms with van der Waals surface area (Å²) in [5.41, 5.74) is 0.336. The third kappa shape index (κ3) is 3.55. The lowest BCUT2D eigenvalue weighted by Gasteiger charge is -2.12. The smallest absolute Gasteiger partial charge is 0.327 e. The van der Waals surface area contributed by atoms with E-state index in [2.05, 4.69) is 11.2 Å². The van der Waals surface area contributed by atoms with Gasteiger partial charge in [0.1, 0.15) is 6.04 Å². The lowest BCUT2D eigenvalue weighted by molar-refractivity contribution is -0.385. The molecule has 0 saturated carbocycles. The van der Waals surface area contributed by atoms with Crippen molar-refractivity contribution in [2.24, 2.45) is 0 Å². The van der Waals surface area contributed by atoms with E-state index in [1.165, 1.54) is 25.1 Å². The fourth-order valence-electron chi connectivity index (χ4n) is 1.56. The van der Waals surface area contributed by atoms with Gasteiger partial charge >= 0.3 is 5.97 Å². The molecule has 1 aromatic carbocycles. The lowest BCUT2D eigenvalue weighted by atomic mass is 10.1. The minimum Gasteiger partial charge on any atom is -0.480 e. The number of terminal acetylenes is 1. The molecule has 1 rings (SSSR count). The van der Waals surface area contributed by atoms with E-state index in [0.717, 1.165) is 0 Å². The third-order valence-corrected chi connectivity index (χ3v) is 2.58. The Balaban J connectivity index is 2.93. The first-order valence-corrected chi connectivity index (χ1v) is 5.59. The summed E-state index contributed by atoms with van der Waals surface area (Å²) in [7, 11) is 0. The second-order valence-corrected chi connectivity index (χ2v) is 4.03. The Hall–Kier alpha value is -2.88. The van der Waals surface area contributed by atoms with Gasteiger partial charge in [-0.05, 0) is 19.1 Å². The number of benzene rings is 1. The van der Waals surface area contributed by atoms with Crippen molar-refractivity contribution in [3.8, 4) is 12.3 Å². The van der Waals surface area contributed by atoms with E-state index in [0.29, 0.717) is 5.56 Å². The number of carboxylic acids is 1. The van der Waals surface area contributed by atoms with Crippen LogP contribution in [0.4, 0.5) is 5.69 Å². The number of rotatable bonds is 5. The van der Waals surface area contributed by atoms with Gasteiger partial charge in [0.15, 0.2) is 0 Å². The molecular formula is C13H12N2O5. The molecule has 0 bridgehead atoms. The zero-order chi connectivity index (χ0) is 15.3. The molecular weight excluding hydrogens is 264 g/mol. The largest absolute Gasteiger partial charge is 0.480 e. The third-order valence-electron chi connectivity index (χ3n) is 2.58. The number of hydrogen-bond acceptors (Lipinski definition) is 4. The molecule has 0 aromatic heterocycles. The minimum absolute atomic E-state index is 0.111. The van der Waals surface area contributed by atoms with Gasteiger partial charge in [-0.3, -0.25) is 14.9 Å². The van der Waals surface area contributed by atoms with Crippen LogP contribution in [0.25, 0.3) is 0 Å². The van der Waals surface area contributed by atoms with Gasteiger partial charge < -0.3 is 10.4 Å². The van der Waals surface area contributed by atoms with E-state index < -0.39 is 22.8 Å². The van der Waals surface area contributed by atoms with Gasteiger partial charge in [0.25, 0.3) is 11.6 Å². The first-order chi connectivity index (χ1) is 9.36. The predicted octanol–water partition coefficient (Wildman–Crippen LogP) is 1.11. The normalized spacial score (nSPS) is 11.2. The van der Waals surface area contributed by atoms with Gasteiger partial charge in [0.2, 0.25) is 0 Å². The van der Waals surface area contributed by atoms with Crippen molar-refractivity contribution in [1.29, 1.82) is 0 Å². The van der Waals surface area contributed by atoms with Gasteiger partial charge in [-0.2, -0.15) is 0 Å². The second-order valence-electron chi connectivity index (χ2n) is 4.03. The fraction of sp³-hybridized carbons (Fsp3) is 0.231.